The van der Waals surface area contributed by atoms with Gasteiger partial charge in [-0.05, 0) is 24.6 Å². The molecule has 0 radical (unpaired) electrons. The Morgan fingerprint density at radius 2 is 1.85 bits per heavy atom. The molecule has 1 aromatic carbocycles. The van der Waals surface area contributed by atoms with Gasteiger partial charge in [0.2, 0.25) is 11.5 Å². The van der Waals surface area contributed by atoms with Crippen molar-refractivity contribution in [3.05, 3.63) is 47.9 Å². The van der Waals surface area contributed by atoms with Crippen LogP contribution in [-0.4, -0.2) is 48.9 Å². The van der Waals surface area contributed by atoms with Gasteiger partial charge < -0.3 is 15.6 Å². The van der Waals surface area contributed by atoms with Gasteiger partial charge in [-0.3, -0.25) is 9.78 Å². The Morgan fingerprint density at radius 3 is 2.41 bits per heavy atom. The molecule has 0 bridgehead atoms. The predicted octanol–water partition coefficient (Wildman–Crippen LogP) is 3.15. The molecular formula is C19H18F6N4O4S. The summed E-state index contributed by atoms with van der Waals surface area (Å²) in [6.45, 7) is 0. The summed E-state index contributed by atoms with van der Waals surface area (Å²) in [5.41, 5.74) is -0.101. The number of rotatable bonds is 6. The first-order valence-electron chi connectivity index (χ1n) is 9.62. The zero-order valence-electron chi connectivity index (χ0n) is 17.1. The van der Waals surface area contributed by atoms with Crippen LogP contribution in [0.3, 0.4) is 0 Å². The third kappa shape index (κ3) is 5.64. The number of aliphatic hydroxyl groups is 1. The normalized spacial score (nSPS) is 23.2. The summed E-state index contributed by atoms with van der Waals surface area (Å²) in [5.74, 6) is -2.57. The molecule has 34 heavy (non-hydrogen) atoms. The summed E-state index contributed by atoms with van der Waals surface area (Å²) in [6, 6.07) is 2.73. The molecule has 1 amide bonds. The molecule has 2 aromatic rings. The van der Waals surface area contributed by atoms with Crippen LogP contribution < -0.4 is 10.5 Å². The Morgan fingerprint density at radius 1 is 1.15 bits per heavy atom. The molecule has 0 aliphatic carbocycles. The topological polar surface area (TPSA) is 128 Å². The molecule has 0 saturated carbocycles. The van der Waals surface area contributed by atoms with Gasteiger partial charge in [0.05, 0.1) is 39.4 Å². The van der Waals surface area contributed by atoms with E-state index in [9.17, 15) is 40.5 Å². The highest BCUT2D eigenvalue weighted by Crippen LogP contribution is 2.41. The molecule has 1 aliphatic heterocycles. The van der Waals surface area contributed by atoms with E-state index in [1.54, 1.807) is 0 Å². The minimum atomic E-state index is -5.27. The summed E-state index contributed by atoms with van der Waals surface area (Å²) < 4.78 is 101. The predicted molar refractivity (Wildman–Crippen MR) is 106 cm³/mol. The number of hydrogen-bond donors (Lipinski definition) is 2. The fraction of sp³-hybridized carbons (Fsp3) is 0.421. The fourth-order valence-electron chi connectivity index (χ4n) is 3.02. The van der Waals surface area contributed by atoms with E-state index in [1.165, 1.54) is 6.07 Å². The highest BCUT2D eigenvalue weighted by molar-refractivity contribution is 7.93. The number of nitrogens with two attached hydrogens (primary N) is 1. The number of amides is 1. The van der Waals surface area contributed by atoms with Crippen molar-refractivity contribution in [1.29, 1.82) is 0 Å². The number of alkyl halides is 6. The van der Waals surface area contributed by atoms with Crippen molar-refractivity contribution >= 4 is 15.6 Å². The summed E-state index contributed by atoms with van der Waals surface area (Å²) in [5, 5.41) is 10.4. The summed E-state index contributed by atoms with van der Waals surface area (Å²) in [4.78, 5) is 18.7. The summed E-state index contributed by atoms with van der Waals surface area (Å²) >= 11 is 0. The van der Waals surface area contributed by atoms with Crippen molar-refractivity contribution in [3.63, 3.8) is 0 Å². The highest BCUT2D eigenvalue weighted by atomic mass is 32.2. The molecule has 0 spiro atoms. The largest absolute Gasteiger partial charge is 0.437 e. The van der Waals surface area contributed by atoms with Gasteiger partial charge in [-0.15, -0.1) is 0 Å². The lowest BCUT2D eigenvalue weighted by molar-refractivity contribution is -0.269. The van der Waals surface area contributed by atoms with Crippen LogP contribution >= 0.6 is 0 Å². The molecule has 15 heteroatoms. The molecule has 3 atom stereocenters. The maximum Gasteiger partial charge on any atom is 0.423 e. The number of benzene rings is 1. The van der Waals surface area contributed by atoms with Crippen molar-refractivity contribution in [1.82, 2.24) is 9.97 Å². The van der Waals surface area contributed by atoms with Crippen LogP contribution in [0.15, 0.2) is 41.0 Å². The number of halogens is 6. The van der Waals surface area contributed by atoms with Gasteiger partial charge in [0.15, 0.2) is 0 Å². The number of carbonyl (C=O) groups is 1. The van der Waals surface area contributed by atoms with E-state index in [1.807, 2.05) is 0 Å². The van der Waals surface area contributed by atoms with Crippen molar-refractivity contribution in [2.45, 2.75) is 36.8 Å². The SMILES string of the molecule is N[C@H]1CCS(=O)(CCC(O)(c2cnc(Oc3cccc(C(F)(F)F)c3)cn2)C(F)(F)F)=NC1=O. The van der Waals surface area contributed by atoms with Crippen molar-refractivity contribution in [2.24, 2.45) is 10.1 Å². The maximum absolute atomic E-state index is 13.7. The molecule has 8 nitrogen and oxygen atoms in total. The van der Waals surface area contributed by atoms with Crippen molar-refractivity contribution in [2.75, 3.05) is 11.5 Å². The number of carbonyl (C=O) groups excluding carboxylic acids is 1. The van der Waals surface area contributed by atoms with Gasteiger partial charge in [-0.25, -0.2) is 9.19 Å². The van der Waals surface area contributed by atoms with Gasteiger partial charge in [0.25, 0.3) is 5.91 Å². The molecule has 1 aromatic heterocycles. The smallest absolute Gasteiger partial charge is 0.423 e. The van der Waals surface area contributed by atoms with E-state index in [0.717, 1.165) is 12.1 Å². The van der Waals surface area contributed by atoms with Crippen molar-refractivity contribution in [3.8, 4) is 11.6 Å². The molecule has 0 saturated heterocycles. The molecule has 1 aliphatic rings. The molecular weight excluding hydrogens is 494 g/mol. The van der Waals surface area contributed by atoms with Gasteiger partial charge in [-0.1, -0.05) is 6.07 Å². The minimum absolute atomic E-state index is 0.0208. The second-order valence-corrected chi connectivity index (χ2v) is 10.0. The van der Waals surface area contributed by atoms with Crippen LogP contribution in [0.5, 0.6) is 11.6 Å². The Balaban J connectivity index is 1.82. The monoisotopic (exact) mass is 512 g/mol. The van der Waals surface area contributed by atoms with Crippen LogP contribution in [0.4, 0.5) is 26.3 Å². The number of hydrogen-bond acceptors (Lipinski definition) is 7. The average molecular weight is 512 g/mol. The Labute approximate surface area is 189 Å². The van der Waals surface area contributed by atoms with Crippen LogP contribution in [0.2, 0.25) is 0 Å². The average Bonchev–Trinajstić information content (AvgIpc) is 2.74. The zero-order chi connectivity index (χ0) is 25.4. The maximum atomic E-state index is 13.7. The summed E-state index contributed by atoms with van der Waals surface area (Å²) in [6.07, 6.45) is -9.83. The standard InChI is InChI=1S/C19H18F6N4O4S/c20-18(21,22)11-2-1-3-12(8-11)33-15-10-27-14(9-28-15)17(31,19(23,24)25)5-7-34(32)6-4-13(26)16(30)29-34/h1-3,8-10,13,31H,4-7,26H2/t13-,17?,34?/m0/s1. The lowest BCUT2D eigenvalue weighted by Gasteiger charge is -2.30. The highest BCUT2D eigenvalue weighted by Gasteiger charge is 2.56. The van der Waals surface area contributed by atoms with E-state index in [0.29, 0.717) is 18.5 Å². The number of ether oxygens (including phenoxy) is 1. The Bertz CT molecular complexity index is 1180. The lowest BCUT2D eigenvalue weighted by atomic mass is 9.96. The van der Waals surface area contributed by atoms with E-state index in [4.69, 9.17) is 10.5 Å². The van der Waals surface area contributed by atoms with Crippen LogP contribution in [0, 0.1) is 0 Å². The first kappa shape index (κ1) is 25.8. The molecule has 3 rings (SSSR count). The molecule has 0 fully saturated rings. The Hall–Kier alpha value is -2.78. The first-order valence-corrected chi connectivity index (χ1v) is 11.5. The van der Waals surface area contributed by atoms with Crippen LogP contribution in [-0.2, 0) is 26.3 Å². The second-order valence-electron chi connectivity index (χ2n) is 7.48. The lowest BCUT2D eigenvalue weighted by Crippen LogP contribution is -2.45. The van der Waals surface area contributed by atoms with E-state index in [-0.39, 0.29) is 17.9 Å². The van der Waals surface area contributed by atoms with Crippen molar-refractivity contribution < 1.29 is 45.2 Å². The number of nitrogens with zero attached hydrogens (tertiary/aromatic N) is 3. The van der Waals surface area contributed by atoms with E-state index >= 15 is 0 Å². The van der Waals surface area contributed by atoms with Crippen LogP contribution in [0.1, 0.15) is 24.1 Å². The molecule has 2 heterocycles. The van der Waals surface area contributed by atoms with E-state index < -0.39 is 68.9 Å². The molecule has 3 N–H and O–H groups in total. The van der Waals surface area contributed by atoms with Gasteiger partial charge in [-0.2, -0.15) is 30.7 Å². The number of aromatic nitrogens is 2. The summed E-state index contributed by atoms with van der Waals surface area (Å²) in [7, 11) is -3.37. The second kappa shape index (κ2) is 9.11. The first-order chi connectivity index (χ1) is 15.6. The van der Waals surface area contributed by atoms with Gasteiger partial charge in [0.1, 0.15) is 5.75 Å². The van der Waals surface area contributed by atoms with E-state index in [2.05, 4.69) is 14.3 Å². The van der Waals surface area contributed by atoms with Gasteiger partial charge >= 0.3 is 12.4 Å². The third-order valence-electron chi connectivity index (χ3n) is 5.01. The minimum Gasteiger partial charge on any atom is -0.437 e. The quantitative estimate of drug-likeness (QED) is 0.569. The van der Waals surface area contributed by atoms with Gasteiger partial charge in [0, 0.05) is 17.9 Å². The zero-order valence-corrected chi connectivity index (χ0v) is 18.0. The molecule has 186 valence electrons. The Kier molecular flexibility index (Phi) is 6.92. The third-order valence-corrected chi connectivity index (χ3v) is 7.24. The fourth-order valence-corrected chi connectivity index (χ4v) is 5.11. The molecule has 2 unspecified atom stereocenters. The van der Waals surface area contributed by atoms with Crippen LogP contribution in [0.25, 0.3) is 0 Å².